The summed E-state index contributed by atoms with van der Waals surface area (Å²) in [7, 11) is 14.7. The van der Waals surface area contributed by atoms with Crippen molar-refractivity contribution < 1.29 is 14.1 Å². The summed E-state index contributed by atoms with van der Waals surface area (Å²) in [6, 6.07) is 0. The summed E-state index contributed by atoms with van der Waals surface area (Å²) in [5, 5.41) is 8.39. The monoisotopic (exact) mass is 210 g/mol. The lowest BCUT2D eigenvalue weighted by Crippen LogP contribution is -2.36. The van der Waals surface area contributed by atoms with E-state index in [2.05, 4.69) is 49.3 Å². The second kappa shape index (κ2) is 9.44. The number of likely N-dealkylation sites (N-methyl/N-ethyl adjacent to an activating group) is 1. The summed E-state index contributed by atoms with van der Waals surface area (Å²) in [5.41, 5.74) is 0. The molecule has 0 bridgehead atoms. The largest absolute Gasteiger partial charge is 0.391 e. The van der Waals surface area contributed by atoms with E-state index in [1.54, 1.807) is 0 Å². The van der Waals surface area contributed by atoms with Gasteiger partial charge in [0.2, 0.25) is 0 Å². The molecule has 3 heteroatoms. The van der Waals surface area contributed by atoms with Gasteiger partial charge in [-0.1, -0.05) is 14.9 Å². The summed E-state index contributed by atoms with van der Waals surface area (Å²) >= 11 is 0. The van der Waals surface area contributed by atoms with E-state index in [9.17, 15) is 0 Å². The number of aliphatic hydroxyl groups excluding tert-OH is 1. The lowest BCUT2D eigenvalue weighted by molar-refractivity contribution is -0.870. The summed E-state index contributed by atoms with van der Waals surface area (Å²) in [6.45, 7) is 1.11. The second-order valence-electron chi connectivity index (χ2n) is 5.42. The van der Waals surface area contributed by atoms with Gasteiger partial charge < -0.3 is 14.1 Å². The van der Waals surface area contributed by atoms with Gasteiger partial charge in [-0.2, -0.15) is 0 Å². The van der Waals surface area contributed by atoms with Crippen LogP contribution >= 0.6 is 0 Å². The van der Waals surface area contributed by atoms with Crippen molar-refractivity contribution in [2.24, 2.45) is 0 Å². The Bertz CT molecular complexity index is 94.8. The summed E-state index contributed by atoms with van der Waals surface area (Å²) < 4.78 is 1.84. The molecule has 0 aromatic heterocycles. The van der Waals surface area contributed by atoms with E-state index >= 15 is 0 Å². The first kappa shape index (κ1) is 23.6. The zero-order chi connectivity index (χ0) is 10.4. The fourth-order valence-corrected chi connectivity index (χ4v) is 0.300. The average molecular weight is 210 g/mol. The average Bonchev–Trinajstić information content (AvgIpc) is 1.54. The van der Waals surface area contributed by atoms with Crippen LogP contribution in [0.25, 0.3) is 0 Å². The molecule has 0 aliphatic carbocycles. The van der Waals surface area contributed by atoms with Gasteiger partial charge in [-0.05, 0) is 0 Å². The van der Waals surface area contributed by atoms with Crippen molar-refractivity contribution in [3.63, 3.8) is 0 Å². The fraction of sp³-hybridized carbons (Fsp3) is 1.00. The van der Waals surface area contributed by atoms with Gasteiger partial charge in [-0.15, -0.1) is 0 Å². The Labute approximate surface area is 92.1 Å². The molecular formula is C11H34N2O+2. The number of aliphatic hydroxyl groups is 1. The van der Waals surface area contributed by atoms with Gasteiger partial charge in [0.25, 0.3) is 0 Å². The maximum absolute atomic E-state index is 8.39. The van der Waals surface area contributed by atoms with Crippen LogP contribution in [-0.2, 0) is 0 Å². The molecule has 0 amide bonds. The number of hydrogen-bond donors (Lipinski definition) is 1. The van der Waals surface area contributed by atoms with E-state index in [1.165, 1.54) is 0 Å². The van der Waals surface area contributed by atoms with E-state index in [4.69, 9.17) is 5.11 Å². The van der Waals surface area contributed by atoms with Crippen molar-refractivity contribution in [1.29, 1.82) is 0 Å². The minimum Gasteiger partial charge on any atom is -0.391 e. The minimum atomic E-state index is 0. The van der Waals surface area contributed by atoms with Crippen molar-refractivity contribution in [3.8, 4) is 0 Å². The van der Waals surface area contributed by atoms with Crippen molar-refractivity contribution >= 4 is 0 Å². The molecule has 0 saturated heterocycles. The third-order valence-corrected chi connectivity index (χ3v) is 0.771. The first-order chi connectivity index (χ1) is 5.06. The molecule has 0 atom stereocenters. The topological polar surface area (TPSA) is 20.2 Å². The van der Waals surface area contributed by atoms with E-state index in [-0.39, 0.29) is 21.5 Å². The Balaban J connectivity index is -0.0000000651. The maximum atomic E-state index is 8.39. The van der Waals surface area contributed by atoms with Gasteiger partial charge in [0.15, 0.2) is 0 Å². The van der Waals surface area contributed by atoms with Crippen LogP contribution < -0.4 is 0 Å². The van der Waals surface area contributed by atoms with Gasteiger partial charge in [0.05, 0.1) is 55.9 Å². The Morgan fingerprint density at radius 1 is 0.786 bits per heavy atom. The van der Waals surface area contributed by atoms with E-state index < -0.39 is 0 Å². The summed E-state index contributed by atoms with van der Waals surface area (Å²) in [5.74, 6) is 0. The summed E-state index contributed by atoms with van der Waals surface area (Å²) in [4.78, 5) is 0. The number of quaternary nitrogens is 2. The van der Waals surface area contributed by atoms with Crippen molar-refractivity contribution in [2.45, 2.75) is 14.9 Å². The standard InChI is InChI=1S/C5H14NO.C4H12N.2CH4/c1-6(2,3)4-5-7;1-5(2,3)4;;/h7H,4-5H2,1-3H3;1-4H3;2*1H4/q2*+1;;. The highest BCUT2D eigenvalue weighted by atomic mass is 16.3. The van der Waals surface area contributed by atoms with Gasteiger partial charge in [0, 0.05) is 0 Å². The quantitative estimate of drug-likeness (QED) is 0.681. The van der Waals surface area contributed by atoms with Crippen LogP contribution in [0, 0.1) is 0 Å². The van der Waals surface area contributed by atoms with Crippen molar-refractivity contribution in [3.05, 3.63) is 0 Å². The molecule has 0 radical (unpaired) electrons. The molecule has 0 rings (SSSR count). The Morgan fingerprint density at radius 3 is 1.00 bits per heavy atom. The molecule has 0 fully saturated rings. The highest BCUT2D eigenvalue weighted by molar-refractivity contribution is 4.19. The third-order valence-electron chi connectivity index (χ3n) is 0.771. The number of hydrogen-bond acceptors (Lipinski definition) is 1. The maximum Gasteiger partial charge on any atom is 0.101 e. The molecule has 0 heterocycles. The second-order valence-corrected chi connectivity index (χ2v) is 5.42. The van der Waals surface area contributed by atoms with Crippen LogP contribution in [0.4, 0.5) is 0 Å². The number of rotatable bonds is 2. The molecule has 0 aliphatic rings. The van der Waals surface area contributed by atoms with Crippen LogP contribution in [-0.4, -0.2) is 76.6 Å². The van der Waals surface area contributed by atoms with Crippen LogP contribution in [0.1, 0.15) is 14.9 Å². The molecule has 1 N–H and O–H groups in total. The van der Waals surface area contributed by atoms with Crippen molar-refractivity contribution in [1.82, 2.24) is 0 Å². The van der Waals surface area contributed by atoms with Gasteiger partial charge >= 0.3 is 0 Å². The SMILES string of the molecule is C.C.C[N+](C)(C)C.C[N+](C)(C)CCO. The molecule has 0 aromatic carbocycles. The Kier molecular flexibility index (Phi) is 15.9. The lowest BCUT2D eigenvalue weighted by atomic mass is 10.5. The molecule has 0 unspecified atom stereocenters. The zero-order valence-corrected chi connectivity index (χ0v) is 9.76. The fourth-order valence-electron chi connectivity index (χ4n) is 0.300. The Hall–Kier alpha value is -0.120. The molecule has 0 aromatic rings. The van der Waals surface area contributed by atoms with E-state index in [1.807, 2.05) is 0 Å². The van der Waals surface area contributed by atoms with Gasteiger partial charge in [-0.3, -0.25) is 0 Å². The first-order valence-electron chi connectivity index (χ1n) is 4.26. The van der Waals surface area contributed by atoms with Crippen LogP contribution in [0.15, 0.2) is 0 Å². The molecule has 92 valence electrons. The highest BCUT2D eigenvalue weighted by Gasteiger charge is 2.02. The molecule has 14 heavy (non-hydrogen) atoms. The molecule has 3 nitrogen and oxygen atoms in total. The first-order valence-corrected chi connectivity index (χ1v) is 4.26. The van der Waals surface area contributed by atoms with Gasteiger partial charge in [0.1, 0.15) is 6.54 Å². The minimum absolute atomic E-state index is 0. The predicted octanol–water partition coefficient (Wildman–Crippen LogP) is 1.28. The molecule has 0 aliphatic heterocycles. The summed E-state index contributed by atoms with van der Waals surface area (Å²) in [6.07, 6.45) is 0. The van der Waals surface area contributed by atoms with Crippen molar-refractivity contribution in [2.75, 3.05) is 62.5 Å². The van der Waals surface area contributed by atoms with E-state index in [0.29, 0.717) is 0 Å². The molecular weight excluding hydrogens is 176 g/mol. The third kappa shape index (κ3) is 93.4. The smallest absolute Gasteiger partial charge is 0.101 e. The molecule has 0 saturated carbocycles. The van der Waals surface area contributed by atoms with Crippen LogP contribution in [0.5, 0.6) is 0 Å². The zero-order valence-electron chi connectivity index (χ0n) is 9.76. The van der Waals surface area contributed by atoms with Gasteiger partial charge in [-0.25, -0.2) is 0 Å². The molecule has 0 spiro atoms. The predicted molar refractivity (Wildman–Crippen MR) is 67.4 cm³/mol. The van der Waals surface area contributed by atoms with Crippen LogP contribution in [0.3, 0.4) is 0 Å². The lowest BCUT2D eigenvalue weighted by Gasteiger charge is -2.21. The normalized spacial score (nSPS) is 10.3. The van der Waals surface area contributed by atoms with Crippen LogP contribution in [0.2, 0.25) is 0 Å². The number of nitrogens with zero attached hydrogens (tertiary/aromatic N) is 2. The highest BCUT2D eigenvalue weighted by Crippen LogP contribution is 1.84. The van der Waals surface area contributed by atoms with E-state index in [0.717, 1.165) is 15.5 Å². The Morgan fingerprint density at radius 2 is 1.00 bits per heavy atom.